The molecule has 29 heavy (non-hydrogen) atoms. The zero-order valence-corrected chi connectivity index (χ0v) is 17.7. The molecule has 7 nitrogen and oxygen atoms in total. The standard InChI is InChI=1S/C21H24N4O3S/c1-5-14-12-25-13-15(29-19(25)22-14)10-11-18(26)23-16-8-6-7-9-17(16)24-20(27)28-21(2,3)4/h6-13H,5H2,1-4H3,(H,23,26)(H,24,27)/b11-10+. The minimum Gasteiger partial charge on any atom is -0.444 e. The van der Waals surface area contributed by atoms with E-state index in [1.165, 1.54) is 17.4 Å². The van der Waals surface area contributed by atoms with Gasteiger partial charge in [-0.2, -0.15) is 0 Å². The lowest BCUT2D eigenvalue weighted by Gasteiger charge is -2.20. The molecule has 0 bridgehead atoms. The predicted molar refractivity (Wildman–Crippen MR) is 116 cm³/mol. The Labute approximate surface area is 173 Å². The molecule has 2 amide bonds. The van der Waals surface area contributed by atoms with Crippen molar-refractivity contribution in [2.24, 2.45) is 0 Å². The summed E-state index contributed by atoms with van der Waals surface area (Å²) in [6.07, 6.45) is 7.43. The van der Waals surface area contributed by atoms with Gasteiger partial charge in [-0.25, -0.2) is 9.78 Å². The number of thiazole rings is 1. The van der Waals surface area contributed by atoms with Gasteiger partial charge in [0.1, 0.15) is 5.60 Å². The highest BCUT2D eigenvalue weighted by molar-refractivity contribution is 7.17. The largest absolute Gasteiger partial charge is 0.444 e. The lowest BCUT2D eigenvalue weighted by Crippen LogP contribution is -2.27. The van der Waals surface area contributed by atoms with Crippen LogP contribution in [-0.2, 0) is 16.0 Å². The average molecular weight is 413 g/mol. The Balaban J connectivity index is 1.66. The number of hydrogen-bond donors (Lipinski definition) is 2. The van der Waals surface area contributed by atoms with Gasteiger partial charge in [0.2, 0.25) is 5.91 Å². The zero-order chi connectivity index (χ0) is 21.0. The van der Waals surface area contributed by atoms with E-state index in [1.807, 2.05) is 16.8 Å². The number of nitrogens with one attached hydrogen (secondary N) is 2. The normalized spacial score (nSPS) is 11.7. The van der Waals surface area contributed by atoms with Gasteiger partial charge in [0.05, 0.1) is 17.1 Å². The molecule has 0 aliphatic rings. The summed E-state index contributed by atoms with van der Waals surface area (Å²) in [5.41, 5.74) is 1.38. The number of para-hydroxylation sites is 2. The van der Waals surface area contributed by atoms with Crippen LogP contribution in [0.2, 0.25) is 0 Å². The second kappa shape index (κ2) is 8.48. The maximum absolute atomic E-state index is 12.3. The highest BCUT2D eigenvalue weighted by Crippen LogP contribution is 2.23. The van der Waals surface area contributed by atoms with Crippen molar-refractivity contribution in [3.8, 4) is 0 Å². The van der Waals surface area contributed by atoms with E-state index in [0.717, 1.165) is 22.0 Å². The third-order valence-electron chi connectivity index (χ3n) is 3.81. The summed E-state index contributed by atoms with van der Waals surface area (Å²) in [5.74, 6) is -0.302. The molecule has 0 radical (unpaired) electrons. The molecule has 0 unspecified atom stereocenters. The molecule has 0 saturated carbocycles. The van der Waals surface area contributed by atoms with Crippen LogP contribution in [0.3, 0.4) is 0 Å². The maximum Gasteiger partial charge on any atom is 0.412 e. The first-order chi connectivity index (χ1) is 13.7. The zero-order valence-electron chi connectivity index (χ0n) is 16.9. The van der Waals surface area contributed by atoms with Crippen molar-refractivity contribution in [1.82, 2.24) is 9.38 Å². The molecule has 2 N–H and O–H groups in total. The number of aromatic nitrogens is 2. The van der Waals surface area contributed by atoms with Crippen LogP contribution in [0, 0.1) is 0 Å². The van der Waals surface area contributed by atoms with E-state index in [9.17, 15) is 9.59 Å². The van der Waals surface area contributed by atoms with Gasteiger partial charge in [-0.15, -0.1) is 0 Å². The molecule has 0 saturated heterocycles. The third kappa shape index (κ3) is 5.68. The van der Waals surface area contributed by atoms with E-state index in [2.05, 4.69) is 22.5 Å². The van der Waals surface area contributed by atoms with Crippen LogP contribution in [-0.4, -0.2) is 27.0 Å². The van der Waals surface area contributed by atoms with Crippen molar-refractivity contribution < 1.29 is 14.3 Å². The molecule has 0 atom stereocenters. The molecule has 2 aromatic heterocycles. The van der Waals surface area contributed by atoms with Gasteiger partial charge in [0, 0.05) is 23.3 Å². The summed E-state index contributed by atoms with van der Waals surface area (Å²) in [5, 5.41) is 5.44. The second-order valence-corrected chi connectivity index (χ2v) is 8.44. The second-order valence-electron chi connectivity index (χ2n) is 7.40. The first-order valence-electron chi connectivity index (χ1n) is 9.29. The fourth-order valence-electron chi connectivity index (χ4n) is 2.56. The van der Waals surface area contributed by atoms with Crippen LogP contribution in [0.4, 0.5) is 16.2 Å². The van der Waals surface area contributed by atoms with Crippen LogP contribution in [0.25, 0.3) is 11.0 Å². The van der Waals surface area contributed by atoms with E-state index < -0.39 is 11.7 Å². The molecule has 0 aliphatic heterocycles. The van der Waals surface area contributed by atoms with Gasteiger partial charge in [0.15, 0.2) is 4.96 Å². The Kier molecular flexibility index (Phi) is 6.03. The van der Waals surface area contributed by atoms with Crippen LogP contribution in [0.1, 0.15) is 38.3 Å². The van der Waals surface area contributed by atoms with Crippen molar-refractivity contribution in [3.63, 3.8) is 0 Å². The van der Waals surface area contributed by atoms with Crippen LogP contribution < -0.4 is 10.6 Å². The Morgan fingerprint density at radius 1 is 1.17 bits per heavy atom. The molecule has 152 valence electrons. The fourth-order valence-corrected chi connectivity index (χ4v) is 3.44. The monoisotopic (exact) mass is 412 g/mol. The molecule has 3 rings (SSSR count). The first-order valence-corrected chi connectivity index (χ1v) is 10.1. The molecule has 0 fully saturated rings. The van der Waals surface area contributed by atoms with E-state index >= 15 is 0 Å². The Morgan fingerprint density at radius 2 is 1.86 bits per heavy atom. The fraction of sp³-hybridized carbons (Fsp3) is 0.286. The van der Waals surface area contributed by atoms with Crippen LogP contribution >= 0.6 is 11.3 Å². The molecular weight excluding hydrogens is 388 g/mol. The van der Waals surface area contributed by atoms with Gasteiger partial charge < -0.3 is 10.1 Å². The Hall–Kier alpha value is -3.13. The summed E-state index contributed by atoms with van der Waals surface area (Å²) < 4.78 is 7.22. The van der Waals surface area contributed by atoms with Crippen molar-refractivity contribution in [2.75, 3.05) is 10.6 Å². The number of amides is 2. The van der Waals surface area contributed by atoms with Crippen molar-refractivity contribution in [3.05, 3.63) is 53.3 Å². The summed E-state index contributed by atoms with van der Waals surface area (Å²) in [6, 6.07) is 6.95. The number of rotatable bonds is 5. The van der Waals surface area contributed by atoms with Crippen LogP contribution in [0.15, 0.2) is 42.7 Å². The van der Waals surface area contributed by atoms with E-state index in [-0.39, 0.29) is 5.91 Å². The third-order valence-corrected chi connectivity index (χ3v) is 4.77. The number of hydrogen-bond acceptors (Lipinski definition) is 5. The number of carbonyl (C=O) groups is 2. The van der Waals surface area contributed by atoms with Crippen molar-refractivity contribution in [2.45, 2.75) is 39.7 Å². The van der Waals surface area contributed by atoms with Gasteiger partial charge in [-0.3, -0.25) is 14.5 Å². The van der Waals surface area contributed by atoms with Gasteiger partial charge in [0.25, 0.3) is 0 Å². The highest BCUT2D eigenvalue weighted by Gasteiger charge is 2.17. The summed E-state index contributed by atoms with van der Waals surface area (Å²) in [7, 11) is 0. The lowest BCUT2D eigenvalue weighted by molar-refractivity contribution is -0.111. The lowest BCUT2D eigenvalue weighted by atomic mass is 10.2. The van der Waals surface area contributed by atoms with Gasteiger partial charge >= 0.3 is 6.09 Å². The SMILES string of the molecule is CCc1cn2cc(/C=C/C(=O)Nc3ccccc3NC(=O)OC(C)(C)C)sc2n1. The number of benzene rings is 1. The molecule has 2 heterocycles. The number of aryl methyl sites for hydroxylation is 1. The topological polar surface area (TPSA) is 84.7 Å². The first kappa shape index (κ1) is 20.6. The minimum atomic E-state index is -0.608. The molecule has 8 heteroatoms. The summed E-state index contributed by atoms with van der Waals surface area (Å²) in [4.78, 5) is 30.7. The quantitative estimate of drug-likeness (QED) is 0.580. The van der Waals surface area contributed by atoms with E-state index in [0.29, 0.717) is 11.4 Å². The van der Waals surface area contributed by atoms with Gasteiger partial charge in [-0.1, -0.05) is 30.4 Å². The number of anilines is 2. The summed E-state index contributed by atoms with van der Waals surface area (Å²) in [6.45, 7) is 7.43. The van der Waals surface area contributed by atoms with E-state index in [1.54, 1.807) is 51.1 Å². The smallest absolute Gasteiger partial charge is 0.412 e. The molecule has 1 aromatic carbocycles. The predicted octanol–water partition coefficient (Wildman–Crippen LogP) is 4.96. The number of imidazole rings is 1. The van der Waals surface area contributed by atoms with Crippen LogP contribution in [0.5, 0.6) is 0 Å². The number of fused-ring (bicyclic) bond motifs is 1. The molecule has 3 aromatic rings. The van der Waals surface area contributed by atoms with Crippen molar-refractivity contribution >= 4 is 45.7 Å². The Morgan fingerprint density at radius 3 is 2.48 bits per heavy atom. The molecule has 0 spiro atoms. The molecule has 0 aliphatic carbocycles. The average Bonchev–Trinajstić information content (AvgIpc) is 3.18. The maximum atomic E-state index is 12.3. The number of ether oxygens (including phenoxy) is 1. The van der Waals surface area contributed by atoms with Gasteiger partial charge in [-0.05, 0) is 45.4 Å². The molecular formula is C21H24N4O3S. The summed E-state index contributed by atoms with van der Waals surface area (Å²) >= 11 is 1.51. The highest BCUT2D eigenvalue weighted by atomic mass is 32.1. The van der Waals surface area contributed by atoms with Crippen molar-refractivity contribution in [1.29, 1.82) is 0 Å². The number of carbonyl (C=O) groups excluding carboxylic acids is 2. The minimum absolute atomic E-state index is 0.302. The number of nitrogens with zero attached hydrogens (tertiary/aromatic N) is 2. The Bertz CT molecular complexity index is 1030. The van der Waals surface area contributed by atoms with E-state index in [4.69, 9.17) is 4.74 Å².